The van der Waals surface area contributed by atoms with Crippen molar-refractivity contribution >= 4 is 5.97 Å². The van der Waals surface area contributed by atoms with Crippen LogP contribution in [0.4, 0.5) is 0 Å². The number of carboxylic acid groups (broad SMARTS) is 1. The van der Waals surface area contributed by atoms with E-state index in [1.54, 1.807) is 6.92 Å². The Bertz CT molecular complexity index is 625. The number of para-hydroxylation sites is 1. The summed E-state index contributed by atoms with van der Waals surface area (Å²) in [6.07, 6.45) is 2.52. The van der Waals surface area contributed by atoms with Gasteiger partial charge < -0.3 is 14.3 Å². The van der Waals surface area contributed by atoms with Gasteiger partial charge in [-0.25, -0.2) is 4.79 Å². The van der Waals surface area contributed by atoms with E-state index in [-0.39, 0.29) is 12.2 Å². The number of allylic oxidation sites excluding steroid dienone is 1. The summed E-state index contributed by atoms with van der Waals surface area (Å²) in [7, 11) is 0. The number of carboxylic acids is 1. The predicted molar refractivity (Wildman–Crippen MR) is 75.1 cm³/mol. The maximum Gasteiger partial charge on any atom is 0.339 e. The Hall–Kier alpha value is -2.49. The monoisotopic (exact) mass is 272 g/mol. The van der Waals surface area contributed by atoms with Gasteiger partial charge in [-0.3, -0.25) is 0 Å². The molecule has 0 aliphatic rings. The average Bonchev–Trinajstić information content (AvgIpc) is 2.79. The molecule has 104 valence electrons. The Kier molecular flexibility index (Phi) is 4.25. The highest BCUT2D eigenvalue weighted by Crippen LogP contribution is 2.21. The van der Waals surface area contributed by atoms with Gasteiger partial charge in [0.15, 0.2) is 0 Å². The lowest BCUT2D eigenvalue weighted by molar-refractivity contribution is 0.0695. The fraction of sp³-hybridized carbons (Fsp3) is 0.188. The first kappa shape index (κ1) is 13.9. The molecule has 0 atom stereocenters. The molecule has 1 aromatic heterocycles. The van der Waals surface area contributed by atoms with Crippen molar-refractivity contribution in [2.45, 2.75) is 20.0 Å². The molecule has 20 heavy (non-hydrogen) atoms. The third kappa shape index (κ3) is 3.09. The summed E-state index contributed by atoms with van der Waals surface area (Å²) in [6.45, 7) is 5.53. The molecule has 0 saturated carbocycles. The Morgan fingerprint density at radius 1 is 1.45 bits per heavy atom. The summed E-state index contributed by atoms with van der Waals surface area (Å²) in [5.74, 6) is 0.631. The zero-order chi connectivity index (χ0) is 14.5. The number of aryl methyl sites for hydroxylation is 1. The second kappa shape index (κ2) is 6.10. The number of ether oxygens (including phenoxy) is 1. The van der Waals surface area contributed by atoms with E-state index in [9.17, 15) is 4.79 Å². The SMILES string of the molecule is C=CCc1ccccc1OCc1cc(C(=O)O)c(C)o1. The van der Waals surface area contributed by atoms with Crippen LogP contribution in [0.1, 0.15) is 27.4 Å². The summed E-state index contributed by atoms with van der Waals surface area (Å²) in [6, 6.07) is 9.15. The molecule has 2 aromatic rings. The molecule has 1 N–H and O–H groups in total. The third-order valence-corrected chi connectivity index (χ3v) is 2.91. The zero-order valence-electron chi connectivity index (χ0n) is 11.3. The van der Waals surface area contributed by atoms with Crippen LogP contribution in [0.25, 0.3) is 0 Å². The highest BCUT2D eigenvalue weighted by Gasteiger charge is 2.14. The summed E-state index contributed by atoms with van der Waals surface area (Å²) < 4.78 is 11.1. The lowest BCUT2D eigenvalue weighted by Crippen LogP contribution is -1.98. The second-order valence-electron chi connectivity index (χ2n) is 4.38. The van der Waals surface area contributed by atoms with Crippen molar-refractivity contribution in [3.63, 3.8) is 0 Å². The molecule has 2 rings (SSSR count). The van der Waals surface area contributed by atoms with Gasteiger partial charge in [-0.1, -0.05) is 24.3 Å². The first-order valence-corrected chi connectivity index (χ1v) is 6.26. The fourth-order valence-electron chi connectivity index (χ4n) is 1.94. The van der Waals surface area contributed by atoms with E-state index >= 15 is 0 Å². The van der Waals surface area contributed by atoms with Gasteiger partial charge in [-0.15, -0.1) is 6.58 Å². The van der Waals surface area contributed by atoms with Gasteiger partial charge >= 0.3 is 5.97 Å². The molecule has 0 fully saturated rings. The number of furan rings is 1. The molecule has 0 aliphatic carbocycles. The van der Waals surface area contributed by atoms with Crippen LogP contribution < -0.4 is 4.74 Å². The number of benzene rings is 1. The van der Waals surface area contributed by atoms with E-state index in [0.717, 1.165) is 11.3 Å². The summed E-state index contributed by atoms with van der Waals surface area (Å²) in [5, 5.41) is 8.97. The lowest BCUT2D eigenvalue weighted by Gasteiger charge is -2.08. The molecule has 0 amide bonds. The highest BCUT2D eigenvalue weighted by atomic mass is 16.5. The van der Waals surface area contributed by atoms with Gasteiger partial charge in [0.05, 0.1) is 0 Å². The standard InChI is InChI=1S/C16H16O4/c1-3-6-12-7-4-5-8-15(12)19-10-13-9-14(16(17)18)11(2)20-13/h3-5,7-9H,1,6,10H2,2H3,(H,17,18). The molecule has 1 heterocycles. The molecule has 1 aromatic carbocycles. The second-order valence-corrected chi connectivity index (χ2v) is 4.38. The smallest absolute Gasteiger partial charge is 0.339 e. The van der Waals surface area contributed by atoms with Crippen LogP contribution in [-0.2, 0) is 13.0 Å². The first-order valence-electron chi connectivity index (χ1n) is 6.26. The molecule has 0 spiro atoms. The van der Waals surface area contributed by atoms with Gasteiger partial charge in [0.1, 0.15) is 29.4 Å². The van der Waals surface area contributed by atoms with Crippen molar-refractivity contribution in [3.8, 4) is 5.75 Å². The van der Waals surface area contributed by atoms with Crippen LogP contribution in [0.5, 0.6) is 5.75 Å². The number of carbonyl (C=O) groups is 1. The van der Waals surface area contributed by atoms with Gasteiger partial charge in [-0.05, 0) is 31.0 Å². The Morgan fingerprint density at radius 2 is 2.20 bits per heavy atom. The van der Waals surface area contributed by atoms with E-state index < -0.39 is 5.97 Å². The normalized spacial score (nSPS) is 10.2. The molecule has 4 nitrogen and oxygen atoms in total. The minimum atomic E-state index is -0.996. The topological polar surface area (TPSA) is 59.7 Å². The van der Waals surface area contributed by atoms with Crippen molar-refractivity contribution in [1.82, 2.24) is 0 Å². The highest BCUT2D eigenvalue weighted by molar-refractivity contribution is 5.88. The van der Waals surface area contributed by atoms with Crippen LogP contribution >= 0.6 is 0 Å². The van der Waals surface area contributed by atoms with Crippen molar-refractivity contribution in [3.05, 3.63) is 65.6 Å². The minimum Gasteiger partial charge on any atom is -0.485 e. The maximum atomic E-state index is 10.9. The van der Waals surface area contributed by atoms with Crippen molar-refractivity contribution in [2.75, 3.05) is 0 Å². The van der Waals surface area contributed by atoms with Crippen molar-refractivity contribution in [2.24, 2.45) is 0 Å². The van der Waals surface area contributed by atoms with E-state index in [2.05, 4.69) is 6.58 Å². The first-order chi connectivity index (χ1) is 9.61. The molecule has 0 unspecified atom stereocenters. The molecule has 0 saturated heterocycles. The molecule has 4 heteroatoms. The lowest BCUT2D eigenvalue weighted by atomic mass is 10.1. The summed E-state index contributed by atoms with van der Waals surface area (Å²) >= 11 is 0. The van der Waals surface area contributed by atoms with Crippen molar-refractivity contribution < 1.29 is 19.1 Å². The number of aromatic carboxylic acids is 1. The van der Waals surface area contributed by atoms with E-state index in [1.807, 2.05) is 30.3 Å². The molecular weight excluding hydrogens is 256 g/mol. The van der Waals surface area contributed by atoms with Crippen LogP contribution in [0.2, 0.25) is 0 Å². The fourth-order valence-corrected chi connectivity index (χ4v) is 1.94. The van der Waals surface area contributed by atoms with E-state index in [0.29, 0.717) is 17.9 Å². The summed E-state index contributed by atoms with van der Waals surface area (Å²) in [5.41, 5.74) is 1.20. The molecule has 0 radical (unpaired) electrons. The Labute approximate surface area is 117 Å². The van der Waals surface area contributed by atoms with Crippen LogP contribution in [0.15, 0.2) is 47.4 Å². The van der Waals surface area contributed by atoms with Crippen LogP contribution in [0, 0.1) is 6.92 Å². The van der Waals surface area contributed by atoms with Gasteiger partial charge in [0.25, 0.3) is 0 Å². The van der Waals surface area contributed by atoms with Crippen LogP contribution in [-0.4, -0.2) is 11.1 Å². The van der Waals surface area contributed by atoms with E-state index in [4.69, 9.17) is 14.3 Å². The van der Waals surface area contributed by atoms with E-state index in [1.165, 1.54) is 6.07 Å². The quantitative estimate of drug-likeness (QED) is 0.816. The number of rotatable bonds is 6. The Balaban J connectivity index is 2.11. The van der Waals surface area contributed by atoms with Gasteiger partial charge in [-0.2, -0.15) is 0 Å². The molecular formula is C16H16O4. The number of hydrogen-bond acceptors (Lipinski definition) is 3. The van der Waals surface area contributed by atoms with Gasteiger partial charge in [0.2, 0.25) is 0 Å². The zero-order valence-corrected chi connectivity index (χ0v) is 11.3. The predicted octanol–water partition coefficient (Wildman–Crippen LogP) is 3.59. The molecule has 0 aliphatic heterocycles. The van der Waals surface area contributed by atoms with Crippen LogP contribution in [0.3, 0.4) is 0 Å². The summed E-state index contributed by atoms with van der Waals surface area (Å²) in [4.78, 5) is 10.9. The maximum absolute atomic E-state index is 10.9. The van der Waals surface area contributed by atoms with Crippen molar-refractivity contribution in [1.29, 1.82) is 0 Å². The number of hydrogen-bond donors (Lipinski definition) is 1. The average molecular weight is 272 g/mol. The molecule has 0 bridgehead atoms. The largest absolute Gasteiger partial charge is 0.485 e. The Morgan fingerprint density at radius 3 is 2.85 bits per heavy atom. The van der Waals surface area contributed by atoms with Gasteiger partial charge in [0, 0.05) is 0 Å². The third-order valence-electron chi connectivity index (χ3n) is 2.91. The minimum absolute atomic E-state index is 0.169.